The van der Waals surface area contributed by atoms with Crippen molar-refractivity contribution in [1.29, 1.82) is 0 Å². The van der Waals surface area contributed by atoms with Crippen molar-refractivity contribution in [2.24, 2.45) is 10.2 Å². The fourth-order valence-corrected chi connectivity index (χ4v) is 2.16. The van der Waals surface area contributed by atoms with E-state index in [2.05, 4.69) is 20.0 Å². The summed E-state index contributed by atoms with van der Waals surface area (Å²) < 4.78 is 6.13. The maximum absolute atomic E-state index is 11.0. The van der Waals surface area contributed by atoms with Crippen LogP contribution in [0.1, 0.15) is 18.1 Å². The molecule has 0 saturated heterocycles. The number of nitrogens with zero attached hydrogens (tertiary/aromatic N) is 3. The third-order valence-electron chi connectivity index (χ3n) is 3.33. The number of nitrogens with one attached hydrogen (secondary N) is 1. The molecule has 3 rings (SSSR count). The molecule has 3 aromatic rings. The molecule has 1 heterocycles. The molecule has 0 radical (unpaired) electrons. The minimum Gasteiger partial charge on any atom is -0.283 e. The lowest BCUT2D eigenvalue weighted by molar-refractivity contribution is -0.670. The zero-order valence-electron chi connectivity index (χ0n) is 12.8. The van der Waals surface area contributed by atoms with E-state index in [0.29, 0.717) is 5.02 Å². The van der Waals surface area contributed by atoms with Crippen LogP contribution in [0, 0.1) is 0 Å². The minimum absolute atomic E-state index is 0.437. The van der Waals surface area contributed by atoms with E-state index in [4.69, 9.17) is 11.6 Å². The first kappa shape index (κ1) is 15.9. The lowest BCUT2D eigenvalue weighted by Gasteiger charge is -1.98. The Hall–Kier alpha value is -2.99. The van der Waals surface area contributed by atoms with Gasteiger partial charge >= 0.3 is 5.63 Å². The zero-order chi connectivity index (χ0) is 16.9. The Kier molecular flexibility index (Phi) is 4.67. The van der Waals surface area contributed by atoms with E-state index in [0.717, 1.165) is 22.5 Å². The molecule has 2 aromatic carbocycles. The monoisotopic (exact) mass is 341 g/mol. The highest BCUT2D eigenvalue weighted by Crippen LogP contribution is 2.08. The van der Waals surface area contributed by atoms with Gasteiger partial charge in [0, 0.05) is 17.2 Å². The van der Waals surface area contributed by atoms with Crippen molar-refractivity contribution in [2.75, 3.05) is 0 Å². The van der Waals surface area contributed by atoms with Crippen LogP contribution >= 0.6 is 11.6 Å². The van der Waals surface area contributed by atoms with Gasteiger partial charge in [-0.25, -0.2) is 4.79 Å². The summed E-state index contributed by atoms with van der Waals surface area (Å²) in [6.07, 6.45) is 2.99. The van der Waals surface area contributed by atoms with Gasteiger partial charge in [0.2, 0.25) is 5.69 Å². The normalized spacial score (nSPS) is 12.0. The van der Waals surface area contributed by atoms with Crippen LogP contribution in [-0.2, 0) is 0 Å². The van der Waals surface area contributed by atoms with Gasteiger partial charge in [-0.15, -0.1) is 0 Å². The summed E-state index contributed by atoms with van der Waals surface area (Å²) in [5.74, 6) is 0. The molecule has 0 amide bonds. The number of rotatable bonds is 4. The first-order chi connectivity index (χ1) is 11.6. The van der Waals surface area contributed by atoms with Gasteiger partial charge in [0.1, 0.15) is 0 Å². The third-order valence-corrected chi connectivity index (χ3v) is 3.58. The van der Waals surface area contributed by atoms with Crippen molar-refractivity contribution in [1.82, 2.24) is 5.27 Å². The van der Waals surface area contributed by atoms with Crippen LogP contribution in [0.2, 0.25) is 5.02 Å². The molecule has 0 aliphatic heterocycles. The summed E-state index contributed by atoms with van der Waals surface area (Å²) in [4.78, 5) is 11.0. The van der Waals surface area contributed by atoms with E-state index in [9.17, 15) is 4.79 Å². The molecule has 24 heavy (non-hydrogen) atoms. The summed E-state index contributed by atoms with van der Waals surface area (Å²) in [5, 5.41) is 11.4. The molecule has 0 bridgehead atoms. The van der Waals surface area contributed by atoms with Crippen LogP contribution in [0.5, 0.6) is 0 Å². The SMILES string of the molecule is C/C(=N\N=C\c1ccc(Cl)cc1)c1ccc(-[n+]2cc(=O)o[nH]2)cc1. The van der Waals surface area contributed by atoms with Crippen molar-refractivity contribution in [3.63, 3.8) is 0 Å². The highest BCUT2D eigenvalue weighted by atomic mass is 35.5. The van der Waals surface area contributed by atoms with Gasteiger partial charge in [0.15, 0.2) is 0 Å². The van der Waals surface area contributed by atoms with E-state index in [1.807, 2.05) is 43.3 Å². The quantitative estimate of drug-likeness (QED) is 0.450. The predicted molar refractivity (Wildman–Crippen MR) is 92.1 cm³/mol. The number of hydrogen-bond acceptors (Lipinski definition) is 4. The molecular weight excluding hydrogens is 328 g/mol. The van der Waals surface area contributed by atoms with Crippen LogP contribution in [0.25, 0.3) is 5.69 Å². The lowest BCUT2D eigenvalue weighted by atomic mass is 10.1. The average molecular weight is 342 g/mol. The minimum atomic E-state index is -0.437. The lowest BCUT2D eigenvalue weighted by Crippen LogP contribution is -2.32. The van der Waals surface area contributed by atoms with Gasteiger partial charge in [-0.2, -0.15) is 10.2 Å². The number of benzene rings is 2. The molecule has 0 aliphatic rings. The Bertz CT molecular complexity index is 938. The Morgan fingerprint density at radius 2 is 1.88 bits per heavy atom. The molecule has 120 valence electrons. The van der Waals surface area contributed by atoms with Gasteiger partial charge < -0.3 is 0 Å². The second kappa shape index (κ2) is 7.06. The Balaban J connectivity index is 1.73. The highest BCUT2D eigenvalue weighted by molar-refractivity contribution is 6.30. The number of aromatic amines is 1. The Labute approximate surface area is 142 Å². The summed E-state index contributed by atoms with van der Waals surface area (Å²) in [7, 11) is 0. The molecule has 1 aromatic heterocycles. The average Bonchev–Trinajstić information content (AvgIpc) is 3.03. The topological polar surface area (TPSA) is 74.6 Å². The second-order valence-corrected chi connectivity index (χ2v) is 5.48. The van der Waals surface area contributed by atoms with Gasteiger partial charge in [-0.05, 0) is 52.3 Å². The fraction of sp³-hybridized carbons (Fsp3) is 0.0588. The van der Waals surface area contributed by atoms with E-state index in [1.165, 1.54) is 10.9 Å². The number of hydrogen-bond donors (Lipinski definition) is 1. The van der Waals surface area contributed by atoms with E-state index in [-0.39, 0.29) is 0 Å². The molecule has 0 saturated carbocycles. The summed E-state index contributed by atoms with van der Waals surface area (Å²) in [6.45, 7) is 1.88. The standard InChI is InChI=1S/C17H13ClN4O2/c1-12(20-19-10-13-2-6-15(18)7-3-13)14-4-8-16(9-5-14)22-11-17(23)24-21-22/h2-11H,1H3/p+1/b19-10+,20-12+. The van der Waals surface area contributed by atoms with Gasteiger partial charge in [0.05, 0.1) is 11.9 Å². The van der Waals surface area contributed by atoms with Crippen molar-refractivity contribution in [2.45, 2.75) is 6.92 Å². The van der Waals surface area contributed by atoms with E-state index in [1.54, 1.807) is 18.3 Å². The van der Waals surface area contributed by atoms with Crippen molar-refractivity contribution in [3.05, 3.63) is 81.3 Å². The summed E-state index contributed by atoms with van der Waals surface area (Å²) >= 11 is 5.84. The van der Waals surface area contributed by atoms with Crippen molar-refractivity contribution in [3.8, 4) is 5.69 Å². The third kappa shape index (κ3) is 3.85. The van der Waals surface area contributed by atoms with Crippen molar-refractivity contribution < 1.29 is 9.20 Å². The van der Waals surface area contributed by atoms with Gasteiger partial charge in [0.25, 0.3) is 6.20 Å². The molecule has 0 spiro atoms. The maximum atomic E-state index is 11.0. The molecule has 0 fully saturated rings. The van der Waals surface area contributed by atoms with E-state index >= 15 is 0 Å². The molecule has 0 unspecified atom stereocenters. The van der Waals surface area contributed by atoms with Crippen LogP contribution in [0.4, 0.5) is 0 Å². The molecule has 0 atom stereocenters. The fourth-order valence-electron chi connectivity index (χ4n) is 2.03. The molecule has 7 heteroatoms. The van der Waals surface area contributed by atoms with Crippen molar-refractivity contribution >= 4 is 23.5 Å². The zero-order valence-corrected chi connectivity index (χ0v) is 13.6. The van der Waals surface area contributed by atoms with Gasteiger partial charge in [-0.1, -0.05) is 23.7 Å². The van der Waals surface area contributed by atoms with Gasteiger partial charge in [-0.3, -0.25) is 4.52 Å². The first-order valence-electron chi connectivity index (χ1n) is 7.16. The van der Waals surface area contributed by atoms with Crippen LogP contribution in [-0.4, -0.2) is 17.2 Å². The first-order valence-corrected chi connectivity index (χ1v) is 7.54. The number of H-pyrrole nitrogens is 1. The maximum Gasteiger partial charge on any atom is 0.427 e. The van der Waals surface area contributed by atoms with E-state index < -0.39 is 5.63 Å². The Morgan fingerprint density at radius 1 is 1.17 bits per heavy atom. The summed E-state index contributed by atoms with van der Waals surface area (Å²) in [6, 6.07) is 14.8. The largest absolute Gasteiger partial charge is 0.427 e. The second-order valence-electron chi connectivity index (χ2n) is 5.04. The van der Waals surface area contributed by atoms with Crippen LogP contribution < -0.4 is 10.3 Å². The molecule has 1 N–H and O–H groups in total. The number of halogens is 1. The molecule has 6 nitrogen and oxygen atoms in total. The molecule has 0 aliphatic carbocycles. The highest BCUT2D eigenvalue weighted by Gasteiger charge is 2.10. The van der Waals surface area contributed by atoms with Crippen LogP contribution in [0.15, 0.2) is 74.2 Å². The predicted octanol–water partition coefficient (Wildman–Crippen LogP) is 2.74. The number of aromatic nitrogens is 2. The smallest absolute Gasteiger partial charge is 0.283 e. The summed E-state index contributed by atoms with van der Waals surface area (Å²) in [5.41, 5.74) is 2.97. The molecular formula is C17H14ClN4O2+. The van der Waals surface area contributed by atoms with Crippen LogP contribution in [0.3, 0.4) is 0 Å². The Morgan fingerprint density at radius 3 is 2.50 bits per heavy atom.